The van der Waals surface area contributed by atoms with Gasteiger partial charge in [0.15, 0.2) is 0 Å². The molecule has 5 nitrogen and oxygen atoms in total. The summed E-state index contributed by atoms with van der Waals surface area (Å²) in [4.78, 5) is 11.9. The Kier molecular flexibility index (Phi) is 4.30. The average Bonchev–Trinajstić information content (AvgIpc) is 2.94. The molecule has 1 unspecified atom stereocenters. The van der Waals surface area contributed by atoms with Gasteiger partial charge in [0.2, 0.25) is 0 Å². The highest BCUT2D eigenvalue weighted by atomic mass is 16.5. The number of aromatic nitrogens is 2. The largest absolute Gasteiger partial charge is 0.372 e. The van der Waals surface area contributed by atoms with E-state index in [1.165, 1.54) is 7.11 Å². The first-order chi connectivity index (χ1) is 9.24. The minimum Gasteiger partial charge on any atom is -0.372 e. The van der Waals surface area contributed by atoms with Crippen LogP contribution in [0.4, 0.5) is 5.69 Å². The van der Waals surface area contributed by atoms with Crippen LogP contribution in [0.15, 0.2) is 42.7 Å². The van der Waals surface area contributed by atoms with Gasteiger partial charge in [-0.2, -0.15) is 5.10 Å². The topological polar surface area (TPSA) is 56.1 Å². The van der Waals surface area contributed by atoms with Crippen LogP contribution < -0.4 is 5.32 Å². The number of nitrogens with zero attached hydrogens (tertiary/aromatic N) is 2. The Labute approximate surface area is 112 Å². The van der Waals surface area contributed by atoms with Gasteiger partial charge in [-0.05, 0) is 30.7 Å². The SMILES string of the molecule is CCC(OC)C(=O)Nc1cccc(-n2cccn2)c1. The molecule has 1 amide bonds. The first kappa shape index (κ1) is 13.3. The molecule has 100 valence electrons. The highest BCUT2D eigenvalue weighted by molar-refractivity contribution is 5.94. The molecule has 5 heteroatoms. The minimum atomic E-state index is -0.423. The molecule has 0 fully saturated rings. The quantitative estimate of drug-likeness (QED) is 0.895. The van der Waals surface area contributed by atoms with Gasteiger partial charge < -0.3 is 10.1 Å². The molecular weight excluding hydrogens is 242 g/mol. The van der Waals surface area contributed by atoms with Crippen LogP contribution in [0.1, 0.15) is 13.3 Å². The molecule has 1 aromatic heterocycles. The number of amides is 1. The van der Waals surface area contributed by atoms with Crippen molar-refractivity contribution in [3.63, 3.8) is 0 Å². The predicted octanol–water partition coefficient (Wildman–Crippen LogP) is 2.24. The number of carbonyl (C=O) groups is 1. The summed E-state index contributed by atoms with van der Waals surface area (Å²) >= 11 is 0. The van der Waals surface area contributed by atoms with Gasteiger partial charge >= 0.3 is 0 Å². The van der Waals surface area contributed by atoms with Crippen molar-refractivity contribution in [2.75, 3.05) is 12.4 Å². The van der Waals surface area contributed by atoms with Crippen LogP contribution in [-0.4, -0.2) is 28.9 Å². The van der Waals surface area contributed by atoms with Crippen LogP contribution >= 0.6 is 0 Å². The van der Waals surface area contributed by atoms with Crippen molar-refractivity contribution in [2.45, 2.75) is 19.4 Å². The number of ether oxygens (including phenoxy) is 1. The summed E-state index contributed by atoms with van der Waals surface area (Å²) in [5.41, 5.74) is 1.63. The molecule has 1 heterocycles. The highest BCUT2D eigenvalue weighted by Crippen LogP contribution is 2.14. The molecular formula is C14H17N3O2. The Hall–Kier alpha value is -2.14. The summed E-state index contributed by atoms with van der Waals surface area (Å²) in [5, 5.41) is 6.99. The molecule has 1 aromatic carbocycles. The molecule has 0 aliphatic carbocycles. The van der Waals surface area contributed by atoms with E-state index in [2.05, 4.69) is 10.4 Å². The van der Waals surface area contributed by atoms with Crippen LogP contribution in [0.5, 0.6) is 0 Å². The number of methoxy groups -OCH3 is 1. The van der Waals surface area contributed by atoms with Crippen LogP contribution in [0.25, 0.3) is 5.69 Å². The van der Waals surface area contributed by atoms with Crippen molar-refractivity contribution >= 4 is 11.6 Å². The van der Waals surface area contributed by atoms with Crippen LogP contribution in [0.2, 0.25) is 0 Å². The van der Waals surface area contributed by atoms with Gasteiger partial charge in [-0.3, -0.25) is 4.79 Å². The van der Waals surface area contributed by atoms with Gasteiger partial charge in [-0.1, -0.05) is 13.0 Å². The van der Waals surface area contributed by atoms with Crippen molar-refractivity contribution in [2.24, 2.45) is 0 Å². The Morgan fingerprint density at radius 3 is 2.95 bits per heavy atom. The van der Waals surface area contributed by atoms with E-state index >= 15 is 0 Å². The first-order valence-corrected chi connectivity index (χ1v) is 6.18. The summed E-state index contributed by atoms with van der Waals surface area (Å²) in [6.07, 6.45) is 3.78. The molecule has 1 N–H and O–H groups in total. The normalized spacial score (nSPS) is 12.1. The standard InChI is InChI=1S/C14H17N3O2/c1-3-13(19-2)14(18)16-11-6-4-7-12(10-11)17-9-5-8-15-17/h4-10,13H,3H2,1-2H3,(H,16,18). The van der Waals surface area contributed by atoms with Gasteiger partial charge in [0.05, 0.1) is 5.69 Å². The van der Waals surface area contributed by atoms with Crippen LogP contribution in [-0.2, 0) is 9.53 Å². The first-order valence-electron chi connectivity index (χ1n) is 6.18. The van der Waals surface area contributed by atoms with E-state index in [4.69, 9.17) is 4.74 Å². The molecule has 0 aliphatic rings. The van der Waals surface area contributed by atoms with Gasteiger partial charge in [-0.25, -0.2) is 4.68 Å². The third kappa shape index (κ3) is 3.20. The van der Waals surface area contributed by atoms with Gasteiger partial charge in [-0.15, -0.1) is 0 Å². The number of carbonyl (C=O) groups excluding carboxylic acids is 1. The Morgan fingerprint density at radius 1 is 1.47 bits per heavy atom. The van der Waals surface area contributed by atoms with Crippen molar-refractivity contribution < 1.29 is 9.53 Å². The second-order valence-corrected chi connectivity index (χ2v) is 4.12. The maximum atomic E-state index is 11.9. The molecule has 1 atom stereocenters. The summed E-state index contributed by atoms with van der Waals surface area (Å²) in [6.45, 7) is 1.91. The van der Waals surface area contributed by atoms with Crippen LogP contribution in [0.3, 0.4) is 0 Å². The lowest BCUT2D eigenvalue weighted by molar-refractivity contribution is -0.125. The zero-order chi connectivity index (χ0) is 13.7. The van der Waals surface area contributed by atoms with Crippen molar-refractivity contribution in [1.82, 2.24) is 9.78 Å². The molecule has 19 heavy (non-hydrogen) atoms. The summed E-state index contributed by atoms with van der Waals surface area (Å²) < 4.78 is 6.85. The predicted molar refractivity (Wildman–Crippen MR) is 73.3 cm³/mol. The second kappa shape index (κ2) is 6.15. The lowest BCUT2D eigenvalue weighted by atomic mass is 10.2. The molecule has 0 spiro atoms. The van der Waals surface area contributed by atoms with E-state index in [0.29, 0.717) is 6.42 Å². The van der Waals surface area contributed by atoms with Crippen LogP contribution in [0, 0.1) is 0 Å². The van der Waals surface area contributed by atoms with E-state index < -0.39 is 6.10 Å². The van der Waals surface area contributed by atoms with E-state index in [-0.39, 0.29) is 5.91 Å². The molecule has 0 saturated carbocycles. The molecule has 0 aliphatic heterocycles. The summed E-state index contributed by atoms with van der Waals surface area (Å²) in [7, 11) is 1.54. The Balaban J connectivity index is 2.14. The molecule has 0 radical (unpaired) electrons. The Morgan fingerprint density at radius 2 is 2.32 bits per heavy atom. The van der Waals surface area contributed by atoms with E-state index in [9.17, 15) is 4.79 Å². The molecule has 2 rings (SSSR count). The van der Waals surface area contributed by atoms with E-state index in [1.54, 1.807) is 10.9 Å². The number of nitrogens with one attached hydrogen (secondary N) is 1. The van der Waals surface area contributed by atoms with E-state index in [0.717, 1.165) is 11.4 Å². The van der Waals surface area contributed by atoms with Crippen molar-refractivity contribution in [3.05, 3.63) is 42.7 Å². The minimum absolute atomic E-state index is 0.136. The number of hydrogen-bond acceptors (Lipinski definition) is 3. The third-order valence-corrected chi connectivity index (χ3v) is 2.83. The van der Waals surface area contributed by atoms with Gasteiger partial charge in [0.1, 0.15) is 6.10 Å². The highest BCUT2D eigenvalue weighted by Gasteiger charge is 2.15. The third-order valence-electron chi connectivity index (χ3n) is 2.83. The fraction of sp³-hybridized carbons (Fsp3) is 0.286. The van der Waals surface area contributed by atoms with Crippen molar-refractivity contribution in [3.8, 4) is 5.69 Å². The molecule has 0 saturated heterocycles. The maximum Gasteiger partial charge on any atom is 0.253 e. The second-order valence-electron chi connectivity index (χ2n) is 4.12. The molecule has 0 bridgehead atoms. The molecule has 2 aromatic rings. The van der Waals surface area contributed by atoms with Crippen molar-refractivity contribution in [1.29, 1.82) is 0 Å². The maximum absolute atomic E-state index is 11.9. The zero-order valence-electron chi connectivity index (χ0n) is 11.0. The fourth-order valence-electron chi connectivity index (χ4n) is 1.83. The summed E-state index contributed by atoms with van der Waals surface area (Å²) in [5.74, 6) is -0.136. The van der Waals surface area contributed by atoms with Gasteiger partial charge in [0.25, 0.3) is 5.91 Å². The number of rotatable bonds is 5. The summed E-state index contributed by atoms with van der Waals surface area (Å²) in [6, 6.07) is 9.36. The lowest BCUT2D eigenvalue weighted by Gasteiger charge is -2.13. The van der Waals surface area contributed by atoms with E-state index in [1.807, 2.05) is 43.5 Å². The monoisotopic (exact) mass is 259 g/mol. The number of hydrogen-bond donors (Lipinski definition) is 1. The zero-order valence-corrected chi connectivity index (χ0v) is 11.0. The smallest absolute Gasteiger partial charge is 0.253 e. The number of benzene rings is 1. The average molecular weight is 259 g/mol. The Bertz CT molecular complexity index is 533. The van der Waals surface area contributed by atoms with Gasteiger partial charge in [0, 0.05) is 25.2 Å². The fourth-order valence-corrected chi connectivity index (χ4v) is 1.83. The lowest BCUT2D eigenvalue weighted by Crippen LogP contribution is -2.28. The number of anilines is 1.